The van der Waals surface area contributed by atoms with Crippen LogP contribution in [0.15, 0.2) is 18.2 Å². The zero-order valence-electron chi connectivity index (χ0n) is 12.5. The molecule has 6 heteroatoms. The molecule has 0 saturated carbocycles. The number of nitrogens with zero attached hydrogens (tertiary/aromatic N) is 1. The molecule has 0 aromatic heterocycles. The molecule has 0 spiro atoms. The van der Waals surface area contributed by atoms with Crippen molar-refractivity contribution in [1.82, 2.24) is 10.4 Å². The molecule has 0 atom stereocenters. The minimum atomic E-state index is 0.305. The van der Waals surface area contributed by atoms with Gasteiger partial charge in [0.15, 0.2) is 0 Å². The van der Waals surface area contributed by atoms with Crippen LogP contribution in [-0.4, -0.2) is 24.1 Å². The summed E-state index contributed by atoms with van der Waals surface area (Å²) in [5, 5.41) is 1.15. The molecule has 116 valence electrons. The third-order valence-electron chi connectivity index (χ3n) is 2.74. The topological polar surface area (TPSA) is 92.5 Å². The van der Waals surface area contributed by atoms with Crippen LogP contribution in [0.3, 0.4) is 0 Å². The van der Waals surface area contributed by atoms with Crippen molar-refractivity contribution in [2.24, 2.45) is 0 Å². The standard InChI is InChI=1S/C10H13N3O2.C5H10O/c1-8-2-3-10(11)4-9(8)5-13(7-15)12-6-14;1-2-3-4-5-6/h2-4,6-7H,5,11H2,1H3,(H,12,14);5H,2-4H2,1H3. The van der Waals surface area contributed by atoms with Gasteiger partial charge in [-0.3, -0.25) is 20.0 Å². The number of unbranched alkanes of at least 4 members (excludes halogenated alkanes) is 2. The van der Waals surface area contributed by atoms with Crippen molar-refractivity contribution in [1.29, 1.82) is 0 Å². The Morgan fingerprint density at radius 3 is 2.48 bits per heavy atom. The summed E-state index contributed by atoms with van der Waals surface area (Å²) in [6.07, 6.45) is 4.87. The third-order valence-corrected chi connectivity index (χ3v) is 2.74. The van der Waals surface area contributed by atoms with Crippen molar-refractivity contribution in [3.8, 4) is 0 Å². The average molecular weight is 293 g/mol. The van der Waals surface area contributed by atoms with Crippen LogP contribution in [0.25, 0.3) is 0 Å². The van der Waals surface area contributed by atoms with Crippen molar-refractivity contribution in [3.05, 3.63) is 29.3 Å². The van der Waals surface area contributed by atoms with E-state index in [0.717, 1.165) is 41.7 Å². The Balaban J connectivity index is 0.000000567. The lowest BCUT2D eigenvalue weighted by molar-refractivity contribution is -0.127. The maximum atomic E-state index is 10.6. The van der Waals surface area contributed by atoms with Gasteiger partial charge in [0, 0.05) is 12.1 Å². The molecule has 0 heterocycles. The number of hydrogen-bond donors (Lipinski definition) is 2. The second-order valence-corrected chi connectivity index (χ2v) is 4.48. The number of aryl methyl sites for hydroxylation is 1. The van der Waals surface area contributed by atoms with E-state index >= 15 is 0 Å². The van der Waals surface area contributed by atoms with Crippen LogP contribution in [0.4, 0.5) is 5.69 Å². The predicted molar refractivity (Wildman–Crippen MR) is 82.0 cm³/mol. The number of nitrogens with one attached hydrogen (secondary N) is 1. The number of hydrogen-bond acceptors (Lipinski definition) is 4. The van der Waals surface area contributed by atoms with Gasteiger partial charge >= 0.3 is 0 Å². The maximum absolute atomic E-state index is 10.6. The SMILES string of the molecule is CCCCC=O.Cc1ccc(N)cc1CN(C=O)NC=O. The molecular weight excluding hydrogens is 270 g/mol. The van der Waals surface area contributed by atoms with E-state index in [-0.39, 0.29) is 0 Å². The van der Waals surface area contributed by atoms with E-state index in [1.54, 1.807) is 12.1 Å². The second kappa shape index (κ2) is 11.5. The van der Waals surface area contributed by atoms with Crippen LogP contribution in [0.1, 0.15) is 37.3 Å². The van der Waals surface area contributed by atoms with Crippen LogP contribution >= 0.6 is 0 Å². The molecule has 6 nitrogen and oxygen atoms in total. The number of rotatable bonds is 8. The summed E-state index contributed by atoms with van der Waals surface area (Å²) in [7, 11) is 0. The van der Waals surface area contributed by atoms with Crippen molar-refractivity contribution in [2.45, 2.75) is 39.7 Å². The lowest BCUT2D eigenvalue weighted by Gasteiger charge is -2.16. The number of nitrogens with two attached hydrogens (primary N) is 1. The van der Waals surface area contributed by atoms with Gasteiger partial charge in [0.25, 0.3) is 0 Å². The van der Waals surface area contributed by atoms with Gasteiger partial charge in [-0.1, -0.05) is 19.4 Å². The molecule has 3 N–H and O–H groups in total. The Kier molecular flexibility index (Phi) is 10.2. The zero-order chi connectivity index (χ0) is 16.1. The van der Waals surface area contributed by atoms with Crippen molar-refractivity contribution < 1.29 is 14.4 Å². The molecule has 21 heavy (non-hydrogen) atoms. The van der Waals surface area contributed by atoms with E-state index in [0.29, 0.717) is 25.1 Å². The van der Waals surface area contributed by atoms with E-state index in [9.17, 15) is 14.4 Å². The van der Waals surface area contributed by atoms with Gasteiger partial charge in [-0.05, 0) is 36.6 Å². The number of benzene rings is 1. The molecule has 0 radical (unpaired) electrons. The Morgan fingerprint density at radius 2 is 2.00 bits per heavy atom. The van der Waals surface area contributed by atoms with Crippen LogP contribution < -0.4 is 11.2 Å². The summed E-state index contributed by atoms with van der Waals surface area (Å²) >= 11 is 0. The molecule has 1 aromatic carbocycles. The summed E-state index contributed by atoms with van der Waals surface area (Å²) in [5.74, 6) is 0. The lowest BCUT2D eigenvalue weighted by atomic mass is 10.1. The molecule has 1 rings (SSSR count). The molecule has 2 amide bonds. The Hall–Kier alpha value is -2.37. The van der Waals surface area contributed by atoms with Crippen LogP contribution in [0.5, 0.6) is 0 Å². The van der Waals surface area contributed by atoms with E-state index in [1.807, 2.05) is 13.0 Å². The number of carbonyl (C=O) groups excluding carboxylic acids is 3. The first-order chi connectivity index (χ1) is 10.1. The number of carbonyl (C=O) groups is 3. The molecule has 0 bridgehead atoms. The normalized spacial score (nSPS) is 9.05. The van der Waals surface area contributed by atoms with Gasteiger partial charge in [-0.15, -0.1) is 0 Å². The maximum Gasteiger partial charge on any atom is 0.228 e. The van der Waals surface area contributed by atoms with Gasteiger partial charge in [0.05, 0.1) is 6.54 Å². The largest absolute Gasteiger partial charge is 0.399 e. The highest BCUT2D eigenvalue weighted by Crippen LogP contribution is 2.13. The number of aldehydes is 1. The Morgan fingerprint density at radius 1 is 1.29 bits per heavy atom. The summed E-state index contributed by atoms with van der Waals surface area (Å²) < 4.78 is 0. The highest BCUT2D eigenvalue weighted by atomic mass is 16.2. The average Bonchev–Trinajstić information content (AvgIpc) is 2.49. The minimum Gasteiger partial charge on any atom is -0.399 e. The summed E-state index contributed by atoms with van der Waals surface area (Å²) in [6.45, 7) is 4.29. The number of hydrazine groups is 1. The van der Waals surface area contributed by atoms with E-state index < -0.39 is 0 Å². The van der Waals surface area contributed by atoms with Crippen molar-refractivity contribution >= 4 is 24.8 Å². The predicted octanol–water partition coefficient (Wildman–Crippen LogP) is 1.57. The molecule has 0 fully saturated rings. The molecule has 0 unspecified atom stereocenters. The van der Waals surface area contributed by atoms with Gasteiger partial charge in [0.2, 0.25) is 12.8 Å². The number of nitrogen functional groups attached to an aromatic ring is 1. The highest BCUT2D eigenvalue weighted by Gasteiger charge is 2.04. The van der Waals surface area contributed by atoms with E-state index in [4.69, 9.17) is 5.73 Å². The first-order valence-corrected chi connectivity index (χ1v) is 6.79. The van der Waals surface area contributed by atoms with Crippen LogP contribution in [0, 0.1) is 6.92 Å². The van der Waals surface area contributed by atoms with E-state index in [1.165, 1.54) is 0 Å². The summed E-state index contributed by atoms with van der Waals surface area (Å²) in [5.41, 5.74) is 10.4. The molecule has 0 aliphatic rings. The fraction of sp³-hybridized carbons (Fsp3) is 0.400. The smallest absolute Gasteiger partial charge is 0.228 e. The molecular formula is C15H23N3O3. The zero-order valence-corrected chi connectivity index (χ0v) is 12.5. The summed E-state index contributed by atoms with van der Waals surface area (Å²) in [6, 6.07) is 5.43. The fourth-order valence-corrected chi connectivity index (χ4v) is 1.51. The van der Waals surface area contributed by atoms with Gasteiger partial charge < -0.3 is 10.5 Å². The number of amides is 2. The van der Waals surface area contributed by atoms with Gasteiger partial charge in [-0.25, -0.2) is 0 Å². The minimum absolute atomic E-state index is 0.305. The molecule has 1 aromatic rings. The van der Waals surface area contributed by atoms with Gasteiger partial charge in [-0.2, -0.15) is 0 Å². The quantitative estimate of drug-likeness (QED) is 0.329. The first-order valence-electron chi connectivity index (χ1n) is 6.79. The second-order valence-electron chi connectivity index (χ2n) is 4.48. The van der Waals surface area contributed by atoms with Crippen molar-refractivity contribution in [3.63, 3.8) is 0 Å². The van der Waals surface area contributed by atoms with Crippen LogP contribution in [-0.2, 0) is 20.9 Å². The number of anilines is 1. The Bertz CT molecular complexity index is 450. The van der Waals surface area contributed by atoms with Gasteiger partial charge in [0.1, 0.15) is 6.29 Å². The molecule has 0 aliphatic carbocycles. The highest BCUT2D eigenvalue weighted by molar-refractivity contribution is 5.54. The van der Waals surface area contributed by atoms with Crippen molar-refractivity contribution in [2.75, 3.05) is 5.73 Å². The fourth-order valence-electron chi connectivity index (χ4n) is 1.51. The monoisotopic (exact) mass is 293 g/mol. The Labute approximate surface area is 125 Å². The lowest BCUT2D eigenvalue weighted by Crippen LogP contribution is -2.35. The van der Waals surface area contributed by atoms with Crippen LogP contribution in [0.2, 0.25) is 0 Å². The van der Waals surface area contributed by atoms with E-state index in [2.05, 4.69) is 12.3 Å². The third kappa shape index (κ3) is 8.41. The first kappa shape index (κ1) is 18.6. The summed E-state index contributed by atoms with van der Waals surface area (Å²) in [4.78, 5) is 30.3. The molecule has 0 aliphatic heterocycles. The molecule has 0 saturated heterocycles.